The van der Waals surface area contributed by atoms with Crippen LogP contribution in [-0.4, -0.2) is 42.2 Å². The zero-order chi connectivity index (χ0) is 14.4. The molecule has 1 aliphatic heterocycles. The van der Waals surface area contributed by atoms with Crippen molar-refractivity contribution < 1.29 is 4.74 Å². The molecule has 1 atom stereocenters. The van der Waals surface area contributed by atoms with Crippen molar-refractivity contribution in [2.45, 2.75) is 39.3 Å². The molecule has 1 aliphatic rings. The number of pyridine rings is 1. The van der Waals surface area contributed by atoms with Crippen LogP contribution in [0.4, 0.5) is 0 Å². The van der Waals surface area contributed by atoms with E-state index in [9.17, 15) is 0 Å². The number of nitrogens with zero attached hydrogens (tertiary/aromatic N) is 2. The zero-order valence-corrected chi connectivity index (χ0v) is 12.7. The van der Waals surface area contributed by atoms with Gasteiger partial charge in [-0.3, -0.25) is 9.88 Å². The molecule has 112 valence electrons. The van der Waals surface area contributed by atoms with Crippen molar-refractivity contribution in [1.29, 1.82) is 0 Å². The van der Waals surface area contributed by atoms with Gasteiger partial charge in [0.15, 0.2) is 0 Å². The van der Waals surface area contributed by atoms with Gasteiger partial charge in [-0.25, -0.2) is 0 Å². The number of likely N-dealkylation sites (N-methyl/N-ethyl adjacent to an activating group) is 1. The molecule has 0 amide bonds. The van der Waals surface area contributed by atoms with Crippen molar-refractivity contribution >= 4 is 0 Å². The second-order valence-corrected chi connectivity index (χ2v) is 5.59. The maximum Gasteiger partial charge on any atom is 0.0547 e. The molecule has 2 heterocycles. The second-order valence-electron chi connectivity index (χ2n) is 5.59. The molecule has 1 aromatic heterocycles. The van der Waals surface area contributed by atoms with Crippen LogP contribution in [0.5, 0.6) is 0 Å². The molecule has 0 aliphatic carbocycles. The summed E-state index contributed by atoms with van der Waals surface area (Å²) in [5.74, 6) is 0.651. The topological polar surface area (TPSA) is 51.4 Å². The molecule has 0 radical (unpaired) electrons. The van der Waals surface area contributed by atoms with E-state index in [4.69, 9.17) is 10.5 Å². The van der Waals surface area contributed by atoms with Gasteiger partial charge in [0, 0.05) is 38.0 Å². The Labute approximate surface area is 122 Å². The first-order valence-corrected chi connectivity index (χ1v) is 7.69. The van der Waals surface area contributed by atoms with E-state index in [1.807, 2.05) is 13.0 Å². The van der Waals surface area contributed by atoms with E-state index in [2.05, 4.69) is 28.9 Å². The Morgan fingerprint density at radius 1 is 1.40 bits per heavy atom. The van der Waals surface area contributed by atoms with E-state index < -0.39 is 0 Å². The van der Waals surface area contributed by atoms with Crippen LogP contribution in [0.15, 0.2) is 18.2 Å². The smallest absolute Gasteiger partial charge is 0.0547 e. The van der Waals surface area contributed by atoms with Crippen LogP contribution in [0.2, 0.25) is 0 Å². The first-order valence-electron chi connectivity index (χ1n) is 7.69. The second kappa shape index (κ2) is 7.72. The molecule has 4 heteroatoms. The van der Waals surface area contributed by atoms with Crippen LogP contribution in [0.25, 0.3) is 0 Å². The minimum Gasteiger partial charge on any atom is -0.381 e. The molecule has 2 rings (SSSR count). The Hall–Kier alpha value is -0.970. The van der Waals surface area contributed by atoms with Gasteiger partial charge in [-0.2, -0.15) is 0 Å². The third-order valence-corrected chi connectivity index (χ3v) is 4.24. The Balaban J connectivity index is 2.04. The molecule has 0 saturated carbocycles. The Kier molecular flexibility index (Phi) is 5.95. The van der Waals surface area contributed by atoms with Crippen LogP contribution < -0.4 is 5.73 Å². The maximum atomic E-state index is 6.06. The number of hydrogen-bond donors (Lipinski definition) is 1. The molecule has 0 aromatic carbocycles. The average Bonchev–Trinajstić information content (AvgIpc) is 2.48. The van der Waals surface area contributed by atoms with E-state index in [1.54, 1.807) is 0 Å². The molecule has 20 heavy (non-hydrogen) atoms. The fourth-order valence-corrected chi connectivity index (χ4v) is 3.10. The first-order chi connectivity index (χ1) is 9.74. The van der Waals surface area contributed by atoms with Crippen molar-refractivity contribution in [3.05, 3.63) is 29.6 Å². The highest BCUT2D eigenvalue weighted by Gasteiger charge is 2.27. The third-order valence-electron chi connectivity index (χ3n) is 4.24. The molecule has 1 fully saturated rings. The summed E-state index contributed by atoms with van der Waals surface area (Å²) in [7, 11) is 0. The lowest BCUT2D eigenvalue weighted by molar-refractivity contribution is 0.0264. The molecule has 2 N–H and O–H groups in total. The van der Waals surface area contributed by atoms with Crippen molar-refractivity contribution in [3.63, 3.8) is 0 Å². The summed E-state index contributed by atoms with van der Waals surface area (Å²) in [6.45, 7) is 8.61. The highest BCUT2D eigenvalue weighted by atomic mass is 16.5. The molecular weight excluding hydrogens is 250 g/mol. The van der Waals surface area contributed by atoms with E-state index in [0.717, 1.165) is 50.5 Å². The number of rotatable bonds is 6. The van der Waals surface area contributed by atoms with Crippen LogP contribution in [0.1, 0.15) is 31.2 Å². The number of aromatic nitrogens is 1. The highest BCUT2D eigenvalue weighted by molar-refractivity contribution is 5.10. The summed E-state index contributed by atoms with van der Waals surface area (Å²) in [6, 6.07) is 6.66. The Morgan fingerprint density at radius 3 is 2.75 bits per heavy atom. The summed E-state index contributed by atoms with van der Waals surface area (Å²) in [6.07, 6.45) is 2.25. The van der Waals surface area contributed by atoms with E-state index in [1.165, 1.54) is 0 Å². The normalized spacial score (nSPS) is 18.4. The third kappa shape index (κ3) is 4.01. The fraction of sp³-hybridized carbons (Fsp3) is 0.688. The monoisotopic (exact) mass is 277 g/mol. The summed E-state index contributed by atoms with van der Waals surface area (Å²) in [5, 5.41) is 0. The van der Waals surface area contributed by atoms with Crippen LogP contribution in [0, 0.1) is 12.8 Å². The standard InChI is InChI=1S/C16H27N3O/c1-3-19(12-15-6-4-5-13(2)18-15)16(11-17)14-7-9-20-10-8-14/h4-6,14,16H,3,7-12,17H2,1-2H3. The molecule has 1 saturated heterocycles. The van der Waals surface area contributed by atoms with Gasteiger partial charge in [0.25, 0.3) is 0 Å². The van der Waals surface area contributed by atoms with Gasteiger partial charge in [-0.1, -0.05) is 13.0 Å². The molecular formula is C16H27N3O. The van der Waals surface area contributed by atoms with Gasteiger partial charge in [-0.05, 0) is 44.4 Å². The summed E-state index contributed by atoms with van der Waals surface area (Å²) < 4.78 is 5.47. The van der Waals surface area contributed by atoms with E-state index >= 15 is 0 Å². The largest absolute Gasteiger partial charge is 0.381 e. The van der Waals surface area contributed by atoms with Crippen molar-refractivity contribution in [2.75, 3.05) is 26.3 Å². The molecule has 4 nitrogen and oxygen atoms in total. The van der Waals surface area contributed by atoms with Gasteiger partial charge in [0.1, 0.15) is 0 Å². The van der Waals surface area contributed by atoms with E-state index in [-0.39, 0.29) is 0 Å². The zero-order valence-electron chi connectivity index (χ0n) is 12.7. The summed E-state index contributed by atoms with van der Waals surface area (Å²) >= 11 is 0. The van der Waals surface area contributed by atoms with Gasteiger partial charge in [0.2, 0.25) is 0 Å². The quantitative estimate of drug-likeness (QED) is 0.863. The van der Waals surface area contributed by atoms with Crippen molar-refractivity contribution in [2.24, 2.45) is 11.7 Å². The number of ether oxygens (including phenoxy) is 1. The van der Waals surface area contributed by atoms with Gasteiger partial charge in [0.05, 0.1) is 5.69 Å². The first kappa shape index (κ1) is 15.4. The lowest BCUT2D eigenvalue weighted by Crippen LogP contribution is -2.46. The van der Waals surface area contributed by atoms with Crippen LogP contribution in [0.3, 0.4) is 0 Å². The Morgan fingerprint density at radius 2 is 2.15 bits per heavy atom. The van der Waals surface area contributed by atoms with Crippen molar-refractivity contribution in [3.8, 4) is 0 Å². The fourth-order valence-electron chi connectivity index (χ4n) is 3.10. The van der Waals surface area contributed by atoms with Gasteiger partial charge >= 0.3 is 0 Å². The molecule has 0 spiro atoms. The van der Waals surface area contributed by atoms with Gasteiger partial charge in [-0.15, -0.1) is 0 Å². The highest BCUT2D eigenvalue weighted by Crippen LogP contribution is 2.23. The van der Waals surface area contributed by atoms with Crippen molar-refractivity contribution in [1.82, 2.24) is 9.88 Å². The predicted octanol–water partition coefficient (Wildman–Crippen LogP) is 1.97. The van der Waals surface area contributed by atoms with E-state index in [0.29, 0.717) is 18.5 Å². The number of hydrogen-bond acceptors (Lipinski definition) is 4. The predicted molar refractivity (Wildman–Crippen MR) is 81.4 cm³/mol. The SMILES string of the molecule is CCN(Cc1cccc(C)n1)C(CN)C1CCOCC1. The van der Waals surface area contributed by atoms with Crippen LogP contribution in [-0.2, 0) is 11.3 Å². The molecule has 0 bridgehead atoms. The minimum absolute atomic E-state index is 0.436. The number of aryl methyl sites for hydroxylation is 1. The molecule has 1 unspecified atom stereocenters. The summed E-state index contributed by atoms with van der Waals surface area (Å²) in [4.78, 5) is 7.09. The van der Waals surface area contributed by atoms with Crippen LogP contribution >= 0.6 is 0 Å². The molecule has 1 aromatic rings. The maximum absolute atomic E-state index is 6.06. The average molecular weight is 277 g/mol. The van der Waals surface area contributed by atoms with Gasteiger partial charge < -0.3 is 10.5 Å². The summed E-state index contributed by atoms with van der Waals surface area (Å²) in [5.41, 5.74) is 8.27. The minimum atomic E-state index is 0.436. The lowest BCUT2D eigenvalue weighted by Gasteiger charge is -2.37. The lowest BCUT2D eigenvalue weighted by atomic mass is 9.90. The number of nitrogens with two attached hydrogens (primary N) is 1. The Bertz CT molecular complexity index is 404.